The van der Waals surface area contributed by atoms with E-state index in [0.717, 1.165) is 39.5 Å². The van der Waals surface area contributed by atoms with E-state index in [4.69, 9.17) is 9.72 Å². The molecule has 5 aromatic rings. The van der Waals surface area contributed by atoms with Crippen LogP contribution in [0.1, 0.15) is 52.2 Å². The summed E-state index contributed by atoms with van der Waals surface area (Å²) in [4.78, 5) is 7.06. The third-order valence-electron chi connectivity index (χ3n) is 7.87. The molecule has 3 aromatic carbocycles. The molecule has 0 atom stereocenters. The molecule has 6 rings (SSSR count). The van der Waals surface area contributed by atoms with Crippen molar-refractivity contribution in [1.29, 1.82) is 0 Å². The number of hydrogen-bond donors (Lipinski definition) is 0. The van der Waals surface area contributed by atoms with Crippen LogP contribution in [0, 0.1) is 15.9 Å². The number of ether oxygens (including phenoxy) is 1. The van der Waals surface area contributed by atoms with Crippen molar-refractivity contribution in [3.63, 3.8) is 0 Å². The van der Waals surface area contributed by atoms with Gasteiger partial charge in [-0.15, -0.1) is 0 Å². The number of aromatic nitrogens is 3. The summed E-state index contributed by atoms with van der Waals surface area (Å²) in [6.45, 7) is 12.2. The first-order valence-corrected chi connectivity index (χ1v) is 14.8. The van der Waals surface area contributed by atoms with Crippen molar-refractivity contribution in [3.8, 4) is 17.2 Å². The van der Waals surface area contributed by atoms with Crippen molar-refractivity contribution in [2.24, 2.45) is 7.05 Å². The van der Waals surface area contributed by atoms with Crippen LogP contribution in [0.2, 0.25) is 0 Å². The van der Waals surface area contributed by atoms with Gasteiger partial charge >= 0.3 is 204 Å². The van der Waals surface area contributed by atoms with E-state index in [9.17, 15) is 0 Å². The van der Waals surface area contributed by atoms with E-state index < -0.39 is 0 Å². The first-order chi connectivity index (χ1) is 19.0. The van der Waals surface area contributed by atoms with Gasteiger partial charge in [0.2, 0.25) is 0 Å². The molecule has 5 nitrogen and oxygen atoms in total. The SMILES string of the molecule is Cn1[c](=[Pt])n(-c2[c-]c(Oc3[c-]c4c(cc3)C(C)(C)CCN4c3cc(C(C)(C)C)ccn3)ccc2)c2ccccc21. The molecule has 2 aromatic heterocycles. The van der Waals surface area contributed by atoms with E-state index in [1.54, 1.807) is 0 Å². The van der Waals surface area contributed by atoms with Crippen LogP contribution in [-0.4, -0.2) is 20.7 Å². The summed E-state index contributed by atoms with van der Waals surface area (Å²) >= 11 is 2.37. The van der Waals surface area contributed by atoms with E-state index in [1.807, 2.05) is 24.4 Å². The van der Waals surface area contributed by atoms with Crippen molar-refractivity contribution >= 4 is 22.5 Å². The van der Waals surface area contributed by atoms with E-state index >= 15 is 0 Å². The van der Waals surface area contributed by atoms with E-state index in [-0.39, 0.29) is 10.8 Å². The normalized spacial score (nSPS) is 14.8. The van der Waals surface area contributed by atoms with E-state index in [2.05, 4.69) is 136 Å². The number of anilines is 2. The van der Waals surface area contributed by atoms with Gasteiger partial charge < -0.3 is 0 Å². The van der Waals surface area contributed by atoms with E-state index in [1.165, 1.54) is 16.6 Å². The summed E-state index contributed by atoms with van der Waals surface area (Å²) in [7, 11) is 2.09. The number of hydrogen-bond acceptors (Lipinski definition) is 3. The molecular weight excluding hydrogens is 675 g/mol. The first kappa shape index (κ1) is 26.8. The Hall–Kier alpha value is -3.43. The maximum absolute atomic E-state index is 6.42. The van der Waals surface area contributed by atoms with Crippen LogP contribution in [-0.2, 0) is 37.2 Å². The summed E-state index contributed by atoms with van der Waals surface area (Å²) in [5, 5.41) is 0. The molecule has 0 fully saturated rings. The summed E-state index contributed by atoms with van der Waals surface area (Å²) < 4.78 is 11.9. The summed E-state index contributed by atoms with van der Waals surface area (Å²) in [5.74, 6) is 2.27. The van der Waals surface area contributed by atoms with Gasteiger partial charge in [-0.1, -0.05) is 20.8 Å². The van der Waals surface area contributed by atoms with Crippen LogP contribution in [0.3, 0.4) is 0 Å². The van der Waals surface area contributed by atoms with Crippen molar-refractivity contribution in [2.75, 3.05) is 11.4 Å². The van der Waals surface area contributed by atoms with Crippen LogP contribution in [0.5, 0.6) is 11.5 Å². The maximum atomic E-state index is 6.42. The van der Waals surface area contributed by atoms with Gasteiger partial charge in [-0.05, 0) is 17.0 Å². The molecule has 0 spiro atoms. The molecule has 0 radical (unpaired) electrons. The molecule has 0 bridgehead atoms. The molecule has 0 unspecified atom stereocenters. The van der Waals surface area contributed by atoms with E-state index in [0.29, 0.717) is 11.5 Å². The van der Waals surface area contributed by atoms with Gasteiger partial charge in [0.15, 0.2) is 0 Å². The molecule has 0 N–H and O–H groups in total. The number of pyridine rings is 1. The van der Waals surface area contributed by atoms with Crippen molar-refractivity contribution < 1.29 is 24.1 Å². The van der Waals surface area contributed by atoms with Gasteiger partial charge in [-0.2, -0.15) is 0 Å². The van der Waals surface area contributed by atoms with Gasteiger partial charge in [0.05, 0.1) is 0 Å². The second-order valence-corrected chi connectivity index (χ2v) is 13.2. The van der Waals surface area contributed by atoms with Crippen LogP contribution in [0.25, 0.3) is 16.7 Å². The zero-order valence-electron chi connectivity index (χ0n) is 23.9. The molecule has 0 saturated heterocycles. The summed E-state index contributed by atoms with van der Waals surface area (Å²) in [6.07, 6.45) is 2.95. The molecular formula is C34H34N4OPt-2. The van der Waals surface area contributed by atoms with Gasteiger partial charge in [-0.3, -0.25) is 0 Å². The Kier molecular flexibility index (Phi) is 6.62. The van der Waals surface area contributed by atoms with Crippen LogP contribution in [0.4, 0.5) is 11.5 Å². The van der Waals surface area contributed by atoms with Gasteiger partial charge in [-0.25, -0.2) is 0 Å². The average molecular weight is 710 g/mol. The Bertz CT molecular complexity index is 1790. The molecule has 0 aliphatic carbocycles. The second kappa shape index (κ2) is 9.89. The van der Waals surface area contributed by atoms with Crippen LogP contribution < -0.4 is 9.64 Å². The van der Waals surface area contributed by atoms with Gasteiger partial charge in [0.25, 0.3) is 0 Å². The number of aryl methyl sites for hydroxylation is 1. The predicted octanol–water partition coefficient (Wildman–Crippen LogP) is 7.95. The number of imidazole rings is 1. The third-order valence-corrected chi connectivity index (χ3v) is 9.14. The second-order valence-electron chi connectivity index (χ2n) is 12.2. The fraction of sp³-hybridized carbons (Fsp3) is 0.294. The number of para-hydroxylation sites is 2. The molecule has 3 heterocycles. The number of benzene rings is 3. The molecule has 0 saturated carbocycles. The Balaban J connectivity index is 1.38. The van der Waals surface area contributed by atoms with Crippen molar-refractivity contribution in [1.82, 2.24) is 14.1 Å². The predicted molar refractivity (Wildman–Crippen MR) is 157 cm³/mol. The number of nitrogens with zero attached hydrogens (tertiary/aromatic N) is 4. The zero-order valence-corrected chi connectivity index (χ0v) is 26.1. The number of fused-ring (bicyclic) bond motifs is 2. The molecule has 0 amide bonds. The Morgan fingerprint density at radius 2 is 1.68 bits per heavy atom. The molecule has 40 heavy (non-hydrogen) atoms. The fourth-order valence-corrected chi connectivity index (χ4v) is 6.24. The summed E-state index contributed by atoms with van der Waals surface area (Å²) in [5.41, 5.74) is 6.87. The van der Waals surface area contributed by atoms with Crippen LogP contribution in [0.15, 0.2) is 72.9 Å². The zero-order chi connectivity index (χ0) is 28.2. The number of rotatable bonds is 4. The Labute approximate surface area is 247 Å². The summed E-state index contributed by atoms with van der Waals surface area (Å²) in [6, 6.07) is 30.1. The minimum atomic E-state index is 0.0380. The van der Waals surface area contributed by atoms with Crippen molar-refractivity contribution in [3.05, 3.63) is 100.0 Å². The van der Waals surface area contributed by atoms with Crippen LogP contribution >= 0.6 is 0 Å². The molecule has 1 aliphatic heterocycles. The molecule has 1 aliphatic rings. The minimum absolute atomic E-state index is 0.0380. The standard InChI is InChI=1S/C34H34N4O.Pt/c1-33(2,3)24-16-18-35-32(20-24)37-19-17-34(4,5)28-15-14-27(22-31(28)37)39-26-11-9-10-25(21-26)38-23-36(6)29-12-7-8-13-30(29)38;/h7-16,18,20H,17,19H2,1-6H3;/q-2;. The first-order valence-electron chi connectivity index (χ1n) is 13.7. The molecule has 208 valence electrons. The Morgan fingerprint density at radius 3 is 2.45 bits per heavy atom. The Morgan fingerprint density at radius 1 is 0.925 bits per heavy atom. The molecule has 6 heteroatoms. The topological polar surface area (TPSA) is 35.2 Å². The van der Waals surface area contributed by atoms with Gasteiger partial charge in [0.1, 0.15) is 0 Å². The monoisotopic (exact) mass is 709 g/mol. The average Bonchev–Trinajstić information content (AvgIpc) is 3.18. The van der Waals surface area contributed by atoms with Crippen molar-refractivity contribution in [2.45, 2.75) is 51.9 Å². The quantitative estimate of drug-likeness (QED) is 0.178. The fourth-order valence-electron chi connectivity index (χ4n) is 5.42. The van der Waals surface area contributed by atoms with Gasteiger partial charge in [0, 0.05) is 6.20 Å². The third kappa shape index (κ3) is 4.75.